The highest BCUT2D eigenvalue weighted by molar-refractivity contribution is 5.92. The van der Waals surface area contributed by atoms with Crippen LogP contribution in [0.4, 0.5) is 0 Å². The van der Waals surface area contributed by atoms with Crippen LogP contribution in [0.1, 0.15) is 36.3 Å². The van der Waals surface area contributed by atoms with Crippen LogP contribution in [-0.4, -0.2) is 39.7 Å². The topological polar surface area (TPSA) is 84.1 Å². The van der Waals surface area contributed by atoms with Crippen molar-refractivity contribution < 1.29 is 4.79 Å². The molecule has 1 aromatic carbocycles. The quantitative estimate of drug-likeness (QED) is 0.855. The minimum Gasteiger partial charge on any atom is -0.337 e. The van der Waals surface area contributed by atoms with Crippen LogP contribution >= 0.6 is 12.4 Å². The number of hydrogen-bond acceptors (Lipinski definition) is 3. The van der Waals surface area contributed by atoms with Crippen LogP contribution in [0.2, 0.25) is 0 Å². The first-order valence-electron chi connectivity index (χ1n) is 8.22. The van der Waals surface area contributed by atoms with Crippen LogP contribution in [-0.2, 0) is 0 Å². The smallest absolute Gasteiger partial charge is 0.271 e. The van der Waals surface area contributed by atoms with Crippen LogP contribution in [0.3, 0.4) is 0 Å². The Balaban J connectivity index is 0.00000225. The second-order valence-corrected chi connectivity index (χ2v) is 7.29. The van der Waals surface area contributed by atoms with Crippen molar-refractivity contribution >= 4 is 18.3 Å². The molecule has 3 N–H and O–H groups in total. The number of rotatable bonds is 2. The van der Waals surface area contributed by atoms with Gasteiger partial charge in [-0.15, -0.1) is 12.4 Å². The van der Waals surface area contributed by atoms with Crippen molar-refractivity contribution in [1.82, 2.24) is 14.7 Å². The van der Waals surface area contributed by atoms with Crippen molar-refractivity contribution in [2.24, 2.45) is 11.1 Å². The Kier molecular flexibility index (Phi) is 5.44. The molecule has 1 amide bonds. The fourth-order valence-corrected chi connectivity index (χ4v) is 3.11. The van der Waals surface area contributed by atoms with Gasteiger partial charge in [0.1, 0.15) is 5.69 Å². The number of H-pyrrole nitrogens is 1. The standard InChI is InChI=1S/C18H24N4O2.ClH/c1-12-4-6-13(7-5-12)22-16(23)10-14(20-22)17(24)21-9-8-15(19)18(2,3)11-21;/h4-7,10,15,20H,8-9,11,19H2,1-3H3;1H. The summed E-state index contributed by atoms with van der Waals surface area (Å²) in [5.74, 6) is -0.155. The van der Waals surface area contributed by atoms with Crippen molar-refractivity contribution in [1.29, 1.82) is 0 Å². The van der Waals surface area contributed by atoms with Crippen LogP contribution in [0.25, 0.3) is 5.69 Å². The van der Waals surface area contributed by atoms with Gasteiger partial charge in [-0.05, 0) is 30.9 Å². The van der Waals surface area contributed by atoms with Gasteiger partial charge in [0.25, 0.3) is 11.5 Å². The van der Waals surface area contributed by atoms with Gasteiger partial charge in [-0.25, -0.2) is 4.68 Å². The third-order valence-corrected chi connectivity index (χ3v) is 4.84. The number of carbonyl (C=O) groups excluding carboxylic acids is 1. The maximum absolute atomic E-state index is 12.7. The second-order valence-electron chi connectivity index (χ2n) is 7.29. The summed E-state index contributed by atoms with van der Waals surface area (Å²) in [5.41, 5.74) is 7.90. The van der Waals surface area contributed by atoms with Gasteiger partial charge < -0.3 is 10.6 Å². The largest absolute Gasteiger partial charge is 0.337 e. The van der Waals surface area contributed by atoms with Crippen molar-refractivity contribution in [3.05, 3.63) is 51.9 Å². The SMILES string of the molecule is Cc1ccc(-n2[nH]c(C(=O)N3CCC(N)C(C)(C)C3)cc2=O)cc1.Cl. The molecule has 0 spiro atoms. The fraction of sp³-hybridized carbons (Fsp3) is 0.444. The van der Waals surface area contributed by atoms with Gasteiger partial charge >= 0.3 is 0 Å². The molecule has 1 aliphatic rings. The normalized spacial score (nSPS) is 19.4. The van der Waals surface area contributed by atoms with Gasteiger partial charge in [0.05, 0.1) is 5.69 Å². The first-order chi connectivity index (χ1) is 11.3. The monoisotopic (exact) mass is 364 g/mol. The van der Waals surface area contributed by atoms with Crippen LogP contribution in [0.5, 0.6) is 0 Å². The van der Waals surface area contributed by atoms with E-state index < -0.39 is 0 Å². The molecule has 1 atom stereocenters. The summed E-state index contributed by atoms with van der Waals surface area (Å²) in [7, 11) is 0. The number of nitrogens with one attached hydrogen (secondary N) is 1. The number of halogens is 1. The first-order valence-corrected chi connectivity index (χ1v) is 8.22. The van der Waals surface area contributed by atoms with Crippen molar-refractivity contribution in [2.45, 2.75) is 33.2 Å². The number of hydrogen-bond donors (Lipinski definition) is 2. The van der Waals surface area contributed by atoms with Crippen molar-refractivity contribution in [2.75, 3.05) is 13.1 Å². The van der Waals surface area contributed by atoms with E-state index in [1.807, 2.05) is 31.2 Å². The molecule has 6 nitrogen and oxygen atoms in total. The van der Waals surface area contributed by atoms with Gasteiger partial charge in [0.2, 0.25) is 0 Å². The summed E-state index contributed by atoms with van der Waals surface area (Å²) in [6.45, 7) is 7.32. The molecule has 25 heavy (non-hydrogen) atoms. The number of amides is 1. The van der Waals surface area contributed by atoms with Gasteiger partial charge in [-0.2, -0.15) is 0 Å². The lowest BCUT2D eigenvalue weighted by Gasteiger charge is -2.42. The number of nitrogens with two attached hydrogens (primary N) is 1. The summed E-state index contributed by atoms with van der Waals surface area (Å²) in [6.07, 6.45) is 0.766. The third-order valence-electron chi connectivity index (χ3n) is 4.84. The zero-order chi connectivity index (χ0) is 17.5. The Hall–Kier alpha value is -2.05. The average molecular weight is 365 g/mol. The number of likely N-dealkylation sites (tertiary alicyclic amines) is 1. The number of benzene rings is 1. The van der Waals surface area contributed by atoms with E-state index in [1.165, 1.54) is 10.7 Å². The molecule has 3 rings (SSSR count). The van der Waals surface area contributed by atoms with Gasteiger partial charge in [-0.3, -0.25) is 14.7 Å². The van der Waals surface area contributed by atoms with Gasteiger partial charge in [0.15, 0.2) is 0 Å². The maximum atomic E-state index is 12.7. The minimum atomic E-state index is -0.241. The predicted molar refractivity (Wildman–Crippen MR) is 101 cm³/mol. The van der Waals surface area contributed by atoms with Crippen LogP contribution in [0.15, 0.2) is 35.1 Å². The Morgan fingerprint density at radius 3 is 2.52 bits per heavy atom. The van der Waals surface area contributed by atoms with E-state index in [2.05, 4.69) is 18.9 Å². The molecular weight excluding hydrogens is 340 g/mol. The summed E-state index contributed by atoms with van der Waals surface area (Å²) < 4.78 is 1.40. The molecule has 2 heterocycles. The molecule has 136 valence electrons. The van der Waals surface area contributed by atoms with E-state index in [4.69, 9.17) is 5.73 Å². The molecular formula is C18H25ClN4O2. The number of piperidine rings is 1. The first kappa shape index (κ1) is 19.3. The molecule has 7 heteroatoms. The molecule has 1 fully saturated rings. The zero-order valence-corrected chi connectivity index (χ0v) is 15.6. The highest BCUT2D eigenvalue weighted by Crippen LogP contribution is 2.28. The summed E-state index contributed by atoms with van der Waals surface area (Å²) in [4.78, 5) is 26.8. The molecule has 0 radical (unpaired) electrons. The summed E-state index contributed by atoms with van der Waals surface area (Å²) in [5, 5.41) is 2.93. The Labute approximate surface area is 153 Å². The predicted octanol–water partition coefficient (Wildman–Crippen LogP) is 2.10. The van der Waals surface area contributed by atoms with Crippen molar-refractivity contribution in [3.63, 3.8) is 0 Å². The lowest BCUT2D eigenvalue weighted by atomic mass is 9.79. The Morgan fingerprint density at radius 2 is 1.92 bits per heavy atom. The Bertz CT molecular complexity index is 807. The minimum absolute atomic E-state index is 0. The molecule has 2 aromatic rings. The highest BCUT2D eigenvalue weighted by Gasteiger charge is 2.36. The number of aromatic amines is 1. The van der Waals surface area contributed by atoms with E-state index in [-0.39, 0.29) is 35.3 Å². The molecule has 1 saturated heterocycles. The van der Waals surface area contributed by atoms with E-state index in [1.54, 1.807) is 4.90 Å². The third kappa shape index (κ3) is 3.80. The zero-order valence-electron chi connectivity index (χ0n) is 14.8. The fourth-order valence-electron chi connectivity index (χ4n) is 3.11. The second kappa shape index (κ2) is 7.06. The highest BCUT2D eigenvalue weighted by atomic mass is 35.5. The van der Waals surface area contributed by atoms with E-state index >= 15 is 0 Å². The maximum Gasteiger partial charge on any atom is 0.271 e. The molecule has 0 saturated carbocycles. The molecule has 1 aliphatic heterocycles. The lowest BCUT2D eigenvalue weighted by Crippen LogP contribution is -2.54. The summed E-state index contributed by atoms with van der Waals surface area (Å²) >= 11 is 0. The Morgan fingerprint density at radius 1 is 1.28 bits per heavy atom. The number of aromatic nitrogens is 2. The van der Waals surface area contributed by atoms with Crippen LogP contribution in [0, 0.1) is 12.3 Å². The number of nitrogens with zero attached hydrogens (tertiary/aromatic N) is 2. The van der Waals surface area contributed by atoms with Gasteiger partial charge in [0, 0.05) is 25.2 Å². The molecule has 0 bridgehead atoms. The average Bonchev–Trinajstić information content (AvgIpc) is 2.92. The van der Waals surface area contributed by atoms with Crippen LogP contribution < -0.4 is 11.3 Å². The molecule has 0 aliphatic carbocycles. The van der Waals surface area contributed by atoms with E-state index in [0.717, 1.165) is 12.0 Å². The van der Waals surface area contributed by atoms with Crippen molar-refractivity contribution in [3.8, 4) is 5.69 Å². The molecule has 1 unspecified atom stereocenters. The number of carbonyl (C=O) groups is 1. The summed E-state index contributed by atoms with van der Waals surface area (Å²) in [6, 6.07) is 9.01. The van der Waals surface area contributed by atoms with E-state index in [9.17, 15) is 9.59 Å². The van der Waals surface area contributed by atoms with Gasteiger partial charge in [-0.1, -0.05) is 31.5 Å². The van der Waals surface area contributed by atoms with E-state index in [0.29, 0.717) is 24.5 Å². The number of aryl methyl sites for hydroxylation is 1. The lowest BCUT2D eigenvalue weighted by molar-refractivity contribution is 0.0527. The molecule has 1 aromatic heterocycles.